The molecule has 0 radical (unpaired) electrons. The Morgan fingerprint density at radius 3 is 3.00 bits per heavy atom. The lowest BCUT2D eigenvalue weighted by atomic mass is 9.92. The lowest BCUT2D eigenvalue weighted by Gasteiger charge is -2.25. The first kappa shape index (κ1) is 12.4. The summed E-state index contributed by atoms with van der Waals surface area (Å²) in [6, 6.07) is 7.90. The van der Waals surface area contributed by atoms with Crippen LogP contribution in [0.1, 0.15) is 29.4 Å². The Bertz CT molecular complexity index is 681. The second kappa shape index (κ2) is 4.81. The minimum atomic E-state index is -0.133. The number of benzene rings is 1. The molecule has 1 N–H and O–H groups in total. The Balaban J connectivity index is 2.12. The summed E-state index contributed by atoms with van der Waals surface area (Å²) in [6.45, 7) is 2.47. The molecule has 19 heavy (non-hydrogen) atoms. The van der Waals surface area contributed by atoms with Gasteiger partial charge in [0.1, 0.15) is 16.0 Å². The number of para-hydroxylation sites is 1. The van der Waals surface area contributed by atoms with E-state index in [4.69, 9.17) is 4.74 Å². The van der Waals surface area contributed by atoms with Gasteiger partial charge in [0.2, 0.25) is 0 Å². The topological polar surface area (TPSA) is 55.0 Å². The Labute approximate surface area is 119 Å². The number of nitrogens with zero attached hydrogens (tertiary/aromatic N) is 1. The highest BCUT2D eigenvalue weighted by Gasteiger charge is 2.25. The van der Waals surface area contributed by atoms with Crippen LogP contribution in [0.3, 0.4) is 0 Å². The highest BCUT2D eigenvalue weighted by atomic mass is 79.9. The molecule has 1 aliphatic heterocycles. The molecule has 1 unspecified atom stereocenters. The summed E-state index contributed by atoms with van der Waals surface area (Å²) < 4.78 is 6.13. The third-order valence-corrected chi connectivity index (χ3v) is 4.27. The van der Waals surface area contributed by atoms with Crippen molar-refractivity contribution in [2.45, 2.75) is 19.3 Å². The zero-order valence-corrected chi connectivity index (χ0v) is 12.0. The van der Waals surface area contributed by atoms with Crippen molar-refractivity contribution in [3.05, 3.63) is 56.2 Å². The van der Waals surface area contributed by atoms with E-state index in [0.717, 1.165) is 17.7 Å². The van der Waals surface area contributed by atoms with E-state index in [1.165, 1.54) is 0 Å². The predicted molar refractivity (Wildman–Crippen MR) is 75.7 cm³/mol. The Morgan fingerprint density at radius 1 is 1.42 bits per heavy atom. The predicted octanol–water partition coefficient (Wildman–Crippen LogP) is 2.76. The molecular weight excluding hydrogens is 308 g/mol. The fourth-order valence-corrected chi connectivity index (χ4v) is 2.57. The van der Waals surface area contributed by atoms with Crippen molar-refractivity contribution in [3.63, 3.8) is 0 Å². The number of hydrogen-bond acceptors (Lipinski definition) is 3. The zero-order valence-electron chi connectivity index (χ0n) is 10.4. The van der Waals surface area contributed by atoms with Gasteiger partial charge in [-0.2, -0.15) is 0 Å². The van der Waals surface area contributed by atoms with Gasteiger partial charge in [-0.25, -0.2) is 4.98 Å². The summed E-state index contributed by atoms with van der Waals surface area (Å²) in [4.78, 5) is 19.2. The average molecular weight is 321 g/mol. The van der Waals surface area contributed by atoms with Gasteiger partial charge in [0.15, 0.2) is 0 Å². The first-order valence-electron chi connectivity index (χ1n) is 6.15. The summed E-state index contributed by atoms with van der Waals surface area (Å²) in [5, 5.41) is 0. The number of nitrogens with one attached hydrogen (secondary N) is 1. The second-order valence-corrected chi connectivity index (χ2v) is 5.37. The van der Waals surface area contributed by atoms with Crippen molar-refractivity contribution < 1.29 is 4.74 Å². The fraction of sp³-hybridized carbons (Fsp3) is 0.286. The summed E-state index contributed by atoms with van der Waals surface area (Å²) in [6.07, 6.45) is 0.820. The largest absolute Gasteiger partial charge is 0.493 e. The van der Waals surface area contributed by atoms with Crippen molar-refractivity contribution in [1.29, 1.82) is 0 Å². The Hall–Kier alpha value is -1.62. The summed E-state index contributed by atoms with van der Waals surface area (Å²) >= 11 is 3.24. The van der Waals surface area contributed by atoms with Crippen LogP contribution in [0.25, 0.3) is 0 Å². The molecular formula is C14H13BrN2O2. The molecule has 0 saturated carbocycles. The van der Waals surface area contributed by atoms with Crippen LogP contribution in [0.4, 0.5) is 0 Å². The van der Waals surface area contributed by atoms with Crippen LogP contribution in [0.2, 0.25) is 0 Å². The molecule has 2 heterocycles. The molecule has 1 aromatic carbocycles. The van der Waals surface area contributed by atoms with E-state index < -0.39 is 0 Å². The Morgan fingerprint density at radius 2 is 2.21 bits per heavy atom. The molecule has 0 fully saturated rings. The van der Waals surface area contributed by atoms with E-state index in [2.05, 4.69) is 25.9 Å². The van der Waals surface area contributed by atoms with E-state index >= 15 is 0 Å². The van der Waals surface area contributed by atoms with E-state index in [0.29, 0.717) is 22.6 Å². The third kappa shape index (κ3) is 2.18. The number of halogens is 1. The van der Waals surface area contributed by atoms with Gasteiger partial charge < -0.3 is 9.72 Å². The van der Waals surface area contributed by atoms with Gasteiger partial charge >= 0.3 is 0 Å². The van der Waals surface area contributed by atoms with Crippen molar-refractivity contribution in [1.82, 2.24) is 9.97 Å². The molecule has 3 rings (SSSR count). The summed E-state index contributed by atoms with van der Waals surface area (Å²) in [5.41, 5.74) is 1.66. The number of hydrogen-bond donors (Lipinski definition) is 1. The van der Waals surface area contributed by atoms with Gasteiger partial charge in [0.25, 0.3) is 5.56 Å². The number of aryl methyl sites for hydroxylation is 1. The van der Waals surface area contributed by atoms with E-state index in [1.807, 2.05) is 31.2 Å². The number of H-pyrrole nitrogens is 1. The van der Waals surface area contributed by atoms with Crippen LogP contribution in [0, 0.1) is 6.92 Å². The molecule has 1 aliphatic rings. The molecule has 98 valence electrons. The number of ether oxygens (including phenoxy) is 1. The van der Waals surface area contributed by atoms with Crippen LogP contribution < -0.4 is 10.3 Å². The van der Waals surface area contributed by atoms with Crippen LogP contribution in [0.5, 0.6) is 5.75 Å². The molecule has 1 aromatic heterocycles. The SMILES string of the molecule is Cc1nc(C2CCOc3ccccc32)[nH]c(=O)c1Br. The highest BCUT2D eigenvalue weighted by Crippen LogP contribution is 2.36. The van der Waals surface area contributed by atoms with Crippen LogP contribution in [-0.4, -0.2) is 16.6 Å². The molecule has 0 spiro atoms. The first-order chi connectivity index (χ1) is 9.16. The number of aromatic nitrogens is 2. The van der Waals surface area contributed by atoms with Gasteiger partial charge in [-0.1, -0.05) is 18.2 Å². The molecule has 1 atom stereocenters. The van der Waals surface area contributed by atoms with Crippen LogP contribution >= 0.6 is 15.9 Å². The van der Waals surface area contributed by atoms with E-state index in [1.54, 1.807) is 0 Å². The van der Waals surface area contributed by atoms with Crippen molar-refractivity contribution in [2.24, 2.45) is 0 Å². The van der Waals surface area contributed by atoms with E-state index in [9.17, 15) is 4.79 Å². The smallest absolute Gasteiger partial charge is 0.265 e. The van der Waals surface area contributed by atoms with Gasteiger partial charge in [-0.15, -0.1) is 0 Å². The zero-order chi connectivity index (χ0) is 13.4. The van der Waals surface area contributed by atoms with Crippen LogP contribution in [0.15, 0.2) is 33.5 Å². The molecule has 0 saturated heterocycles. The minimum Gasteiger partial charge on any atom is -0.493 e. The van der Waals surface area contributed by atoms with Gasteiger partial charge in [-0.3, -0.25) is 4.79 Å². The van der Waals surface area contributed by atoms with Crippen molar-refractivity contribution >= 4 is 15.9 Å². The Kier molecular flexibility index (Phi) is 3.14. The van der Waals surface area contributed by atoms with Crippen molar-refractivity contribution in [3.8, 4) is 5.75 Å². The molecule has 0 amide bonds. The van der Waals surface area contributed by atoms with Gasteiger partial charge in [0.05, 0.1) is 12.3 Å². The average Bonchev–Trinajstić information content (AvgIpc) is 2.43. The summed E-state index contributed by atoms with van der Waals surface area (Å²) in [5.74, 6) is 1.67. The van der Waals surface area contributed by atoms with Gasteiger partial charge in [-0.05, 0) is 35.3 Å². The molecule has 0 aliphatic carbocycles. The standard InChI is InChI=1S/C14H13BrN2O2/c1-8-12(15)14(18)17-13(16-8)10-6-7-19-11-5-3-2-4-9(10)11/h2-5,10H,6-7H2,1H3,(H,16,17,18). The molecule has 5 heteroatoms. The maximum atomic E-state index is 11.8. The number of fused-ring (bicyclic) bond motifs is 1. The monoisotopic (exact) mass is 320 g/mol. The van der Waals surface area contributed by atoms with E-state index in [-0.39, 0.29) is 11.5 Å². The lowest BCUT2D eigenvalue weighted by Crippen LogP contribution is -2.21. The normalized spacial score (nSPS) is 17.7. The van der Waals surface area contributed by atoms with Gasteiger partial charge in [0, 0.05) is 11.5 Å². The molecule has 2 aromatic rings. The molecule has 0 bridgehead atoms. The van der Waals surface area contributed by atoms with Crippen LogP contribution in [-0.2, 0) is 0 Å². The minimum absolute atomic E-state index is 0.0875. The summed E-state index contributed by atoms with van der Waals surface area (Å²) in [7, 11) is 0. The number of rotatable bonds is 1. The fourth-order valence-electron chi connectivity index (χ4n) is 2.38. The first-order valence-corrected chi connectivity index (χ1v) is 6.94. The maximum absolute atomic E-state index is 11.8. The quantitative estimate of drug-likeness (QED) is 0.879. The highest BCUT2D eigenvalue weighted by molar-refractivity contribution is 9.10. The lowest BCUT2D eigenvalue weighted by molar-refractivity contribution is 0.274. The second-order valence-electron chi connectivity index (χ2n) is 4.58. The maximum Gasteiger partial charge on any atom is 0.265 e. The molecule has 4 nitrogen and oxygen atoms in total. The number of aromatic amines is 1. The van der Waals surface area contributed by atoms with Crippen molar-refractivity contribution in [2.75, 3.05) is 6.61 Å². The third-order valence-electron chi connectivity index (χ3n) is 3.34.